The largest absolute Gasteiger partial charge is 0.399 e. The van der Waals surface area contributed by atoms with Gasteiger partial charge < -0.3 is 10.6 Å². The molecular formula is C18H27N3O. The summed E-state index contributed by atoms with van der Waals surface area (Å²) in [7, 11) is 0. The van der Waals surface area contributed by atoms with Crippen molar-refractivity contribution in [3.8, 4) is 0 Å². The number of nitrogen functional groups attached to an aromatic ring is 1. The van der Waals surface area contributed by atoms with Crippen molar-refractivity contribution in [3.05, 3.63) is 29.8 Å². The molecule has 2 fully saturated rings. The molecule has 4 nitrogen and oxygen atoms in total. The molecule has 1 aromatic rings. The second-order valence-electron chi connectivity index (χ2n) is 6.76. The Labute approximate surface area is 133 Å². The van der Waals surface area contributed by atoms with E-state index in [0.717, 1.165) is 57.7 Å². The van der Waals surface area contributed by atoms with Gasteiger partial charge in [-0.05, 0) is 62.4 Å². The summed E-state index contributed by atoms with van der Waals surface area (Å²) in [6.07, 6.45) is 5.41. The minimum Gasteiger partial charge on any atom is -0.399 e. The van der Waals surface area contributed by atoms with Gasteiger partial charge in [0.05, 0.1) is 0 Å². The van der Waals surface area contributed by atoms with E-state index in [-0.39, 0.29) is 0 Å². The number of piperidine rings is 1. The van der Waals surface area contributed by atoms with Crippen LogP contribution in [-0.4, -0.2) is 41.9 Å². The maximum atomic E-state index is 12.2. The van der Waals surface area contributed by atoms with E-state index in [0.29, 0.717) is 11.8 Å². The Hall–Kier alpha value is -1.55. The van der Waals surface area contributed by atoms with Gasteiger partial charge in [-0.2, -0.15) is 0 Å². The lowest BCUT2D eigenvalue weighted by atomic mass is 9.92. The Bertz CT molecular complexity index is 503. The number of nitrogens with zero attached hydrogens (tertiary/aromatic N) is 2. The van der Waals surface area contributed by atoms with E-state index in [1.54, 1.807) is 0 Å². The maximum absolute atomic E-state index is 12.2. The van der Waals surface area contributed by atoms with Crippen LogP contribution in [0.5, 0.6) is 0 Å². The highest BCUT2D eigenvalue weighted by Gasteiger charge is 2.25. The van der Waals surface area contributed by atoms with E-state index in [2.05, 4.69) is 21.9 Å². The second-order valence-corrected chi connectivity index (χ2v) is 6.76. The van der Waals surface area contributed by atoms with Crippen LogP contribution < -0.4 is 5.73 Å². The van der Waals surface area contributed by atoms with Crippen molar-refractivity contribution in [3.63, 3.8) is 0 Å². The van der Waals surface area contributed by atoms with Crippen LogP contribution in [0.4, 0.5) is 5.69 Å². The minimum absolute atomic E-state index is 0.381. The Morgan fingerprint density at radius 1 is 1.14 bits per heavy atom. The number of anilines is 1. The molecule has 0 unspecified atom stereocenters. The first kappa shape index (κ1) is 15.3. The van der Waals surface area contributed by atoms with Crippen molar-refractivity contribution in [2.24, 2.45) is 5.92 Å². The van der Waals surface area contributed by atoms with Crippen molar-refractivity contribution in [1.82, 2.24) is 9.80 Å². The molecule has 0 radical (unpaired) electrons. The molecule has 4 heteroatoms. The monoisotopic (exact) mass is 301 g/mol. The molecule has 0 bridgehead atoms. The molecule has 120 valence electrons. The van der Waals surface area contributed by atoms with Crippen LogP contribution in [0.3, 0.4) is 0 Å². The number of carbonyl (C=O) groups excluding carboxylic acids is 1. The number of amides is 1. The molecule has 3 rings (SSSR count). The zero-order valence-electron chi connectivity index (χ0n) is 13.3. The molecule has 1 aromatic carbocycles. The van der Waals surface area contributed by atoms with Crippen LogP contribution in [0.15, 0.2) is 24.3 Å². The van der Waals surface area contributed by atoms with Crippen LogP contribution in [0.25, 0.3) is 0 Å². The predicted octanol–water partition coefficient (Wildman–Crippen LogP) is 2.49. The van der Waals surface area contributed by atoms with Crippen molar-refractivity contribution in [2.75, 3.05) is 31.9 Å². The molecule has 0 aliphatic carbocycles. The smallest absolute Gasteiger partial charge is 0.222 e. The number of likely N-dealkylation sites (tertiary alicyclic amines) is 2. The lowest BCUT2D eigenvalue weighted by Crippen LogP contribution is -2.36. The predicted molar refractivity (Wildman–Crippen MR) is 89.3 cm³/mol. The summed E-state index contributed by atoms with van der Waals surface area (Å²) < 4.78 is 0. The molecule has 2 aliphatic rings. The first-order chi connectivity index (χ1) is 10.7. The summed E-state index contributed by atoms with van der Waals surface area (Å²) in [5.74, 6) is 0.956. The van der Waals surface area contributed by atoms with Crippen LogP contribution in [-0.2, 0) is 11.3 Å². The summed E-state index contributed by atoms with van der Waals surface area (Å²) in [4.78, 5) is 16.8. The zero-order valence-corrected chi connectivity index (χ0v) is 13.3. The summed E-state index contributed by atoms with van der Waals surface area (Å²) >= 11 is 0. The number of carbonyl (C=O) groups is 1. The normalized spacial score (nSPS) is 20.5. The number of hydrogen-bond donors (Lipinski definition) is 1. The fourth-order valence-electron chi connectivity index (χ4n) is 3.64. The van der Waals surface area contributed by atoms with Crippen molar-refractivity contribution in [1.29, 1.82) is 0 Å². The van der Waals surface area contributed by atoms with E-state index in [1.807, 2.05) is 12.1 Å². The Morgan fingerprint density at radius 3 is 2.55 bits per heavy atom. The fraction of sp³-hybridized carbons (Fsp3) is 0.611. The summed E-state index contributed by atoms with van der Waals surface area (Å²) in [6, 6.07) is 8.15. The van der Waals surface area contributed by atoms with Gasteiger partial charge in [-0.25, -0.2) is 0 Å². The Balaban J connectivity index is 1.43. The number of nitrogens with two attached hydrogens (primary N) is 1. The highest BCUT2D eigenvalue weighted by atomic mass is 16.2. The van der Waals surface area contributed by atoms with Gasteiger partial charge in [0.1, 0.15) is 0 Å². The third-order valence-corrected chi connectivity index (χ3v) is 4.99. The fourth-order valence-corrected chi connectivity index (χ4v) is 3.64. The quantitative estimate of drug-likeness (QED) is 0.869. The lowest BCUT2D eigenvalue weighted by Gasteiger charge is -2.32. The van der Waals surface area contributed by atoms with Gasteiger partial charge in [0, 0.05) is 31.7 Å². The molecule has 22 heavy (non-hydrogen) atoms. The molecule has 2 heterocycles. The van der Waals surface area contributed by atoms with Gasteiger partial charge in [-0.3, -0.25) is 9.69 Å². The van der Waals surface area contributed by atoms with Crippen molar-refractivity contribution in [2.45, 2.75) is 38.6 Å². The molecular weight excluding hydrogens is 274 g/mol. The van der Waals surface area contributed by atoms with Crippen molar-refractivity contribution >= 4 is 11.6 Å². The molecule has 1 amide bonds. The van der Waals surface area contributed by atoms with Gasteiger partial charge in [-0.15, -0.1) is 0 Å². The van der Waals surface area contributed by atoms with E-state index in [4.69, 9.17) is 5.73 Å². The topological polar surface area (TPSA) is 49.6 Å². The summed E-state index contributed by atoms with van der Waals surface area (Å²) in [5.41, 5.74) is 7.96. The standard InChI is InChI=1S/C18H27N3O/c19-17-5-3-4-16(12-17)14-20-10-6-15(7-11-20)13-18(22)21-8-1-2-9-21/h3-5,12,15H,1-2,6-11,13-14,19H2. The molecule has 0 spiro atoms. The molecule has 0 aromatic heterocycles. The van der Waals surface area contributed by atoms with Crippen LogP contribution in [0.2, 0.25) is 0 Å². The van der Waals surface area contributed by atoms with Crippen LogP contribution >= 0.6 is 0 Å². The number of hydrogen-bond acceptors (Lipinski definition) is 3. The SMILES string of the molecule is Nc1cccc(CN2CCC(CC(=O)N3CCCC3)CC2)c1. The van der Waals surface area contributed by atoms with E-state index < -0.39 is 0 Å². The van der Waals surface area contributed by atoms with Gasteiger partial charge in [0.2, 0.25) is 5.91 Å². The van der Waals surface area contributed by atoms with Crippen molar-refractivity contribution < 1.29 is 4.79 Å². The Morgan fingerprint density at radius 2 is 1.86 bits per heavy atom. The maximum Gasteiger partial charge on any atom is 0.222 e. The first-order valence-electron chi connectivity index (χ1n) is 8.55. The van der Waals surface area contributed by atoms with Gasteiger partial charge in [-0.1, -0.05) is 12.1 Å². The number of benzene rings is 1. The minimum atomic E-state index is 0.381. The van der Waals surface area contributed by atoms with Gasteiger partial charge >= 0.3 is 0 Å². The van der Waals surface area contributed by atoms with E-state index in [1.165, 1.54) is 18.4 Å². The summed E-state index contributed by atoms with van der Waals surface area (Å²) in [5, 5.41) is 0. The molecule has 2 aliphatic heterocycles. The zero-order chi connectivity index (χ0) is 15.4. The molecule has 2 N–H and O–H groups in total. The van der Waals surface area contributed by atoms with Crippen LogP contribution in [0, 0.1) is 5.92 Å². The lowest BCUT2D eigenvalue weighted by molar-refractivity contribution is -0.131. The second kappa shape index (κ2) is 7.14. The van der Waals surface area contributed by atoms with E-state index >= 15 is 0 Å². The molecule has 0 saturated carbocycles. The average molecular weight is 301 g/mol. The van der Waals surface area contributed by atoms with Gasteiger partial charge in [0.15, 0.2) is 0 Å². The summed E-state index contributed by atoms with van der Waals surface area (Å²) in [6.45, 7) is 5.11. The van der Waals surface area contributed by atoms with Crippen LogP contribution in [0.1, 0.15) is 37.7 Å². The average Bonchev–Trinajstić information content (AvgIpc) is 3.04. The highest BCUT2D eigenvalue weighted by molar-refractivity contribution is 5.76. The molecule has 0 atom stereocenters. The third-order valence-electron chi connectivity index (χ3n) is 4.99. The van der Waals surface area contributed by atoms with E-state index in [9.17, 15) is 4.79 Å². The molecule has 2 saturated heterocycles. The highest BCUT2D eigenvalue weighted by Crippen LogP contribution is 2.24. The number of rotatable bonds is 4. The first-order valence-corrected chi connectivity index (χ1v) is 8.55. The third kappa shape index (κ3) is 4.01. The van der Waals surface area contributed by atoms with Gasteiger partial charge in [0.25, 0.3) is 0 Å². The Kier molecular flexibility index (Phi) is 4.98.